The topological polar surface area (TPSA) is 45.0 Å². The molecule has 21 heavy (non-hydrogen) atoms. The number of methoxy groups -OCH3 is 1. The number of nitrogens with zero attached hydrogens (tertiary/aromatic N) is 1. The van der Waals surface area contributed by atoms with Crippen LogP contribution in [-0.2, 0) is 6.18 Å². The third kappa shape index (κ3) is 3.45. The molecule has 0 aromatic heterocycles. The van der Waals surface area contributed by atoms with Crippen molar-refractivity contribution in [3.8, 4) is 11.8 Å². The predicted octanol–water partition coefficient (Wildman–Crippen LogP) is 4.33. The van der Waals surface area contributed by atoms with Crippen LogP contribution in [0.2, 0.25) is 0 Å². The summed E-state index contributed by atoms with van der Waals surface area (Å²) >= 11 is 0. The number of hydrogen-bond donors (Lipinski definition) is 1. The number of alkyl halides is 3. The lowest BCUT2D eigenvalue weighted by Gasteiger charge is -2.12. The molecule has 2 aromatic carbocycles. The standard InChI is InChI=1S/C15H11F3N2O/c1-21-13-5-2-11(3-6-13)20-12-4-7-14(15(16,17)18)10(8-12)9-19/h2-8,20H,1H3. The number of ether oxygens (including phenoxy) is 1. The van der Waals surface area contributed by atoms with Crippen LogP contribution >= 0.6 is 0 Å². The molecule has 0 aliphatic rings. The summed E-state index contributed by atoms with van der Waals surface area (Å²) in [6.07, 6.45) is -4.54. The highest BCUT2D eigenvalue weighted by Crippen LogP contribution is 2.33. The molecule has 2 rings (SSSR count). The Kier molecular flexibility index (Phi) is 4.03. The zero-order valence-corrected chi connectivity index (χ0v) is 11.0. The van der Waals surface area contributed by atoms with Crippen LogP contribution in [0.4, 0.5) is 24.5 Å². The van der Waals surface area contributed by atoms with Crippen LogP contribution in [0.15, 0.2) is 42.5 Å². The van der Waals surface area contributed by atoms with Crippen LogP contribution in [0.5, 0.6) is 5.75 Å². The van der Waals surface area contributed by atoms with Crippen LogP contribution in [0.1, 0.15) is 11.1 Å². The second-order valence-corrected chi connectivity index (χ2v) is 4.22. The van der Waals surface area contributed by atoms with Crippen molar-refractivity contribution in [1.82, 2.24) is 0 Å². The minimum atomic E-state index is -4.54. The maximum Gasteiger partial charge on any atom is 0.417 e. The Morgan fingerprint density at radius 1 is 1.05 bits per heavy atom. The van der Waals surface area contributed by atoms with Crippen LogP contribution in [0.3, 0.4) is 0 Å². The lowest BCUT2D eigenvalue weighted by molar-refractivity contribution is -0.137. The van der Waals surface area contributed by atoms with Gasteiger partial charge in [-0.2, -0.15) is 18.4 Å². The smallest absolute Gasteiger partial charge is 0.417 e. The molecule has 0 amide bonds. The summed E-state index contributed by atoms with van der Waals surface area (Å²) in [5.74, 6) is 0.672. The average molecular weight is 292 g/mol. The first-order valence-corrected chi connectivity index (χ1v) is 5.96. The maximum absolute atomic E-state index is 12.7. The van der Waals surface area contributed by atoms with E-state index in [2.05, 4.69) is 5.32 Å². The summed E-state index contributed by atoms with van der Waals surface area (Å²) in [5.41, 5.74) is -0.268. The summed E-state index contributed by atoms with van der Waals surface area (Å²) in [6, 6.07) is 11.8. The van der Waals surface area contributed by atoms with E-state index in [1.165, 1.54) is 19.2 Å². The van der Waals surface area contributed by atoms with Gasteiger partial charge in [0.1, 0.15) is 5.75 Å². The Balaban J connectivity index is 2.27. The van der Waals surface area contributed by atoms with Crippen molar-refractivity contribution < 1.29 is 17.9 Å². The number of hydrogen-bond acceptors (Lipinski definition) is 3. The third-order valence-corrected chi connectivity index (χ3v) is 2.82. The zero-order valence-electron chi connectivity index (χ0n) is 11.0. The molecule has 0 aliphatic carbocycles. The molecule has 0 fully saturated rings. The van der Waals surface area contributed by atoms with E-state index in [9.17, 15) is 13.2 Å². The van der Waals surface area contributed by atoms with Gasteiger partial charge in [-0.3, -0.25) is 0 Å². The van der Waals surface area contributed by atoms with E-state index in [0.717, 1.165) is 6.07 Å². The first kappa shape index (κ1) is 14.7. The number of rotatable bonds is 3. The van der Waals surface area contributed by atoms with Crippen LogP contribution in [-0.4, -0.2) is 7.11 Å². The maximum atomic E-state index is 12.7. The first-order chi connectivity index (χ1) is 9.94. The first-order valence-electron chi connectivity index (χ1n) is 5.96. The highest BCUT2D eigenvalue weighted by Gasteiger charge is 2.33. The number of nitrogens with one attached hydrogen (secondary N) is 1. The van der Waals surface area contributed by atoms with Crippen LogP contribution in [0, 0.1) is 11.3 Å². The molecule has 0 aliphatic heterocycles. The Labute approximate surface area is 119 Å². The Morgan fingerprint density at radius 2 is 1.67 bits per heavy atom. The molecule has 1 N–H and O–H groups in total. The second-order valence-electron chi connectivity index (χ2n) is 4.22. The molecule has 0 atom stereocenters. The Hall–Kier alpha value is -2.68. The third-order valence-electron chi connectivity index (χ3n) is 2.82. The zero-order chi connectivity index (χ0) is 15.5. The van der Waals surface area contributed by atoms with E-state index in [-0.39, 0.29) is 0 Å². The summed E-state index contributed by atoms with van der Waals surface area (Å²) in [4.78, 5) is 0. The van der Waals surface area contributed by atoms with E-state index < -0.39 is 17.3 Å². The number of benzene rings is 2. The van der Waals surface area contributed by atoms with Gasteiger partial charge in [0.15, 0.2) is 0 Å². The van der Waals surface area contributed by atoms with Gasteiger partial charge in [-0.05, 0) is 42.5 Å². The van der Waals surface area contributed by atoms with Gasteiger partial charge in [-0.15, -0.1) is 0 Å². The molecule has 0 radical (unpaired) electrons. The highest BCUT2D eigenvalue weighted by molar-refractivity contribution is 5.63. The molecule has 0 saturated carbocycles. The minimum Gasteiger partial charge on any atom is -0.497 e. The molecule has 108 valence electrons. The van der Waals surface area contributed by atoms with E-state index >= 15 is 0 Å². The van der Waals surface area contributed by atoms with Crippen molar-refractivity contribution in [2.24, 2.45) is 0 Å². The molecule has 3 nitrogen and oxygen atoms in total. The van der Waals surface area contributed by atoms with Crippen molar-refractivity contribution in [3.63, 3.8) is 0 Å². The minimum absolute atomic E-state index is 0.407. The monoisotopic (exact) mass is 292 g/mol. The van der Waals surface area contributed by atoms with Crippen molar-refractivity contribution in [2.75, 3.05) is 12.4 Å². The van der Waals surface area contributed by atoms with Crippen LogP contribution < -0.4 is 10.1 Å². The van der Waals surface area contributed by atoms with E-state index in [1.807, 2.05) is 0 Å². The number of anilines is 2. The van der Waals surface area contributed by atoms with Gasteiger partial charge < -0.3 is 10.1 Å². The van der Waals surface area contributed by atoms with Gasteiger partial charge in [-0.1, -0.05) is 0 Å². The molecular formula is C15H11F3N2O. The van der Waals surface area contributed by atoms with Crippen molar-refractivity contribution in [3.05, 3.63) is 53.6 Å². The fourth-order valence-corrected chi connectivity index (χ4v) is 1.80. The lowest BCUT2D eigenvalue weighted by Crippen LogP contribution is -2.08. The SMILES string of the molecule is COc1ccc(Nc2ccc(C(F)(F)F)c(C#N)c2)cc1. The average Bonchev–Trinajstić information content (AvgIpc) is 2.46. The normalized spacial score (nSPS) is 10.8. The fraction of sp³-hybridized carbons (Fsp3) is 0.133. The quantitative estimate of drug-likeness (QED) is 0.915. The molecule has 0 saturated heterocycles. The molecule has 0 spiro atoms. The molecule has 0 bridgehead atoms. The van der Waals surface area contributed by atoms with E-state index in [0.29, 0.717) is 17.1 Å². The summed E-state index contributed by atoms with van der Waals surface area (Å²) in [7, 11) is 1.54. The predicted molar refractivity (Wildman–Crippen MR) is 72.4 cm³/mol. The Morgan fingerprint density at radius 3 is 2.19 bits per heavy atom. The van der Waals surface area contributed by atoms with Gasteiger partial charge in [0.25, 0.3) is 0 Å². The summed E-state index contributed by atoms with van der Waals surface area (Å²) in [5, 5.41) is 11.8. The summed E-state index contributed by atoms with van der Waals surface area (Å²) < 4.78 is 43.1. The van der Waals surface area contributed by atoms with Gasteiger partial charge in [-0.25, -0.2) is 0 Å². The van der Waals surface area contributed by atoms with Crippen molar-refractivity contribution in [1.29, 1.82) is 5.26 Å². The van der Waals surface area contributed by atoms with Crippen LogP contribution in [0.25, 0.3) is 0 Å². The molecule has 6 heteroatoms. The number of halogens is 3. The van der Waals surface area contributed by atoms with Crippen molar-refractivity contribution in [2.45, 2.75) is 6.18 Å². The largest absolute Gasteiger partial charge is 0.497 e. The molecular weight excluding hydrogens is 281 g/mol. The number of nitriles is 1. The Bertz CT molecular complexity index is 673. The second kappa shape index (κ2) is 5.75. The summed E-state index contributed by atoms with van der Waals surface area (Å²) in [6.45, 7) is 0. The van der Waals surface area contributed by atoms with E-state index in [4.69, 9.17) is 10.00 Å². The van der Waals surface area contributed by atoms with Gasteiger partial charge in [0.05, 0.1) is 24.3 Å². The van der Waals surface area contributed by atoms with Gasteiger partial charge >= 0.3 is 6.18 Å². The molecule has 0 unspecified atom stereocenters. The van der Waals surface area contributed by atoms with E-state index in [1.54, 1.807) is 30.3 Å². The van der Waals surface area contributed by atoms with Gasteiger partial charge in [0.2, 0.25) is 0 Å². The molecule has 2 aromatic rings. The highest BCUT2D eigenvalue weighted by atomic mass is 19.4. The lowest BCUT2D eigenvalue weighted by atomic mass is 10.1. The fourth-order valence-electron chi connectivity index (χ4n) is 1.80. The van der Waals surface area contributed by atoms with Gasteiger partial charge in [0, 0.05) is 11.4 Å². The van der Waals surface area contributed by atoms with Crippen molar-refractivity contribution >= 4 is 11.4 Å². The molecule has 0 heterocycles.